The van der Waals surface area contributed by atoms with Crippen LogP contribution < -0.4 is 16.0 Å². The van der Waals surface area contributed by atoms with Crippen molar-refractivity contribution in [2.75, 3.05) is 31.3 Å². The fourth-order valence-corrected chi connectivity index (χ4v) is 2.94. The molecule has 3 N–H and O–H groups in total. The van der Waals surface area contributed by atoms with Gasteiger partial charge in [0.15, 0.2) is 5.11 Å². The van der Waals surface area contributed by atoms with Crippen LogP contribution in [0.1, 0.15) is 29.6 Å². The van der Waals surface area contributed by atoms with Gasteiger partial charge >= 0.3 is 0 Å². The zero-order valence-electron chi connectivity index (χ0n) is 16.9. The molecule has 0 aliphatic rings. The number of carbonyl (C=O) groups excluding carboxylic acids is 2. The average molecular weight is 469 g/mol. The van der Waals surface area contributed by atoms with Gasteiger partial charge in [0.25, 0.3) is 5.91 Å². The quantitative estimate of drug-likeness (QED) is 0.391. The van der Waals surface area contributed by atoms with Crippen LogP contribution in [0.4, 0.5) is 11.4 Å². The second-order valence-electron chi connectivity index (χ2n) is 6.80. The van der Waals surface area contributed by atoms with Gasteiger partial charge < -0.3 is 15.5 Å². The van der Waals surface area contributed by atoms with Gasteiger partial charge in [-0.15, -0.1) is 12.4 Å². The Labute approximate surface area is 193 Å². The first-order valence-corrected chi connectivity index (χ1v) is 10.0. The molecule has 2 aromatic carbocycles. The van der Waals surface area contributed by atoms with E-state index >= 15 is 0 Å². The number of hydrogen-bond acceptors (Lipinski definition) is 4. The Morgan fingerprint density at radius 1 is 1.00 bits per heavy atom. The van der Waals surface area contributed by atoms with E-state index in [4.69, 9.17) is 23.8 Å². The summed E-state index contributed by atoms with van der Waals surface area (Å²) in [7, 11) is 4.04. The Morgan fingerprint density at radius 2 is 1.63 bits per heavy atom. The molecule has 0 unspecified atom stereocenters. The molecule has 0 saturated carbocycles. The highest BCUT2D eigenvalue weighted by Crippen LogP contribution is 2.15. The molecule has 0 atom stereocenters. The molecule has 0 aliphatic heterocycles. The molecule has 2 amide bonds. The van der Waals surface area contributed by atoms with Crippen LogP contribution in [-0.2, 0) is 4.79 Å². The molecule has 9 heteroatoms. The highest BCUT2D eigenvalue weighted by Gasteiger charge is 2.09. The summed E-state index contributed by atoms with van der Waals surface area (Å²) in [5.41, 5.74) is 1.83. The molecule has 0 spiro atoms. The lowest BCUT2D eigenvalue weighted by atomic mass is 10.2. The number of anilines is 2. The van der Waals surface area contributed by atoms with Crippen molar-refractivity contribution in [3.8, 4) is 0 Å². The molecule has 0 radical (unpaired) electrons. The first kappa shape index (κ1) is 25.8. The van der Waals surface area contributed by atoms with Crippen LogP contribution in [0.5, 0.6) is 0 Å². The summed E-state index contributed by atoms with van der Waals surface area (Å²) in [6, 6.07) is 13.7. The minimum Gasteiger partial charge on any atom is -0.332 e. The third-order valence-electron chi connectivity index (χ3n) is 4.00. The third-order valence-corrected chi connectivity index (χ3v) is 4.44. The Balaban J connectivity index is 0.00000450. The number of rotatable bonds is 8. The first-order valence-electron chi connectivity index (χ1n) is 9.26. The Morgan fingerprint density at radius 3 is 2.23 bits per heavy atom. The summed E-state index contributed by atoms with van der Waals surface area (Å²) in [4.78, 5) is 26.3. The summed E-state index contributed by atoms with van der Waals surface area (Å²) in [5.74, 6) is -0.350. The van der Waals surface area contributed by atoms with E-state index in [0.717, 1.165) is 19.4 Å². The van der Waals surface area contributed by atoms with E-state index in [0.29, 0.717) is 28.4 Å². The fourth-order valence-electron chi connectivity index (χ4n) is 2.54. The van der Waals surface area contributed by atoms with Crippen molar-refractivity contribution in [2.45, 2.75) is 19.3 Å². The van der Waals surface area contributed by atoms with Crippen LogP contribution in [0.25, 0.3) is 0 Å². The SMILES string of the molecule is CN(C)CCCCC(=O)Nc1ccc(NC(=S)NC(=O)c2cccc(Cl)c2)cc1.Cl. The van der Waals surface area contributed by atoms with E-state index in [1.165, 1.54) is 0 Å². The van der Waals surface area contributed by atoms with Gasteiger partial charge in [-0.25, -0.2) is 0 Å². The number of carbonyl (C=O) groups is 2. The van der Waals surface area contributed by atoms with E-state index in [2.05, 4.69) is 20.9 Å². The van der Waals surface area contributed by atoms with Gasteiger partial charge in [-0.05, 0) is 88.2 Å². The van der Waals surface area contributed by atoms with Crippen molar-refractivity contribution in [3.05, 3.63) is 59.1 Å². The number of amides is 2. The third kappa shape index (κ3) is 9.54. The number of unbranched alkanes of at least 4 members (excludes halogenated alkanes) is 1. The Kier molecular flexibility index (Phi) is 11.4. The van der Waals surface area contributed by atoms with Crippen LogP contribution in [0.15, 0.2) is 48.5 Å². The van der Waals surface area contributed by atoms with E-state index in [1.807, 2.05) is 14.1 Å². The summed E-state index contributed by atoms with van der Waals surface area (Å²) >= 11 is 11.1. The van der Waals surface area contributed by atoms with Gasteiger partial charge in [0.2, 0.25) is 5.91 Å². The molecule has 0 aromatic heterocycles. The lowest BCUT2D eigenvalue weighted by molar-refractivity contribution is -0.116. The molecule has 162 valence electrons. The monoisotopic (exact) mass is 468 g/mol. The number of nitrogens with zero attached hydrogens (tertiary/aromatic N) is 1. The number of halogens is 2. The minimum atomic E-state index is -0.344. The highest BCUT2D eigenvalue weighted by molar-refractivity contribution is 7.80. The first-order chi connectivity index (χ1) is 13.8. The largest absolute Gasteiger partial charge is 0.332 e. The van der Waals surface area contributed by atoms with Crippen molar-refractivity contribution in [1.82, 2.24) is 10.2 Å². The second-order valence-corrected chi connectivity index (χ2v) is 7.65. The maximum Gasteiger partial charge on any atom is 0.257 e. The van der Waals surface area contributed by atoms with Crippen molar-refractivity contribution in [1.29, 1.82) is 0 Å². The number of nitrogens with one attached hydrogen (secondary N) is 3. The molecule has 2 aromatic rings. The van der Waals surface area contributed by atoms with Crippen molar-refractivity contribution in [2.24, 2.45) is 0 Å². The van der Waals surface area contributed by atoms with Gasteiger partial charge in [-0.3, -0.25) is 14.9 Å². The maximum absolute atomic E-state index is 12.2. The Bertz CT molecular complexity index is 860. The van der Waals surface area contributed by atoms with Gasteiger partial charge in [0, 0.05) is 28.4 Å². The highest BCUT2D eigenvalue weighted by atomic mass is 35.5. The maximum atomic E-state index is 12.2. The van der Waals surface area contributed by atoms with Crippen LogP contribution in [0.2, 0.25) is 5.02 Å². The molecular formula is C21H26Cl2N4O2S. The topological polar surface area (TPSA) is 73.5 Å². The average Bonchev–Trinajstić information content (AvgIpc) is 2.66. The molecule has 0 saturated heterocycles. The van der Waals surface area contributed by atoms with Crippen molar-refractivity contribution in [3.63, 3.8) is 0 Å². The Hall–Kier alpha value is -2.19. The number of thiocarbonyl (C=S) groups is 1. The number of hydrogen-bond donors (Lipinski definition) is 3. The van der Waals surface area contributed by atoms with Crippen LogP contribution in [-0.4, -0.2) is 42.5 Å². The second kappa shape index (κ2) is 13.2. The molecule has 0 bridgehead atoms. The smallest absolute Gasteiger partial charge is 0.257 e. The fraction of sp³-hybridized carbons (Fsp3) is 0.286. The van der Waals surface area contributed by atoms with E-state index in [-0.39, 0.29) is 29.3 Å². The molecule has 30 heavy (non-hydrogen) atoms. The molecule has 0 aliphatic carbocycles. The zero-order chi connectivity index (χ0) is 21.2. The zero-order valence-corrected chi connectivity index (χ0v) is 19.3. The van der Waals surface area contributed by atoms with E-state index in [9.17, 15) is 9.59 Å². The van der Waals surface area contributed by atoms with Crippen LogP contribution in [0, 0.1) is 0 Å². The predicted octanol–water partition coefficient (Wildman–Crippen LogP) is 4.56. The summed E-state index contributed by atoms with van der Waals surface area (Å²) in [6.45, 7) is 0.974. The molecule has 6 nitrogen and oxygen atoms in total. The van der Waals surface area contributed by atoms with Crippen molar-refractivity contribution < 1.29 is 9.59 Å². The molecule has 2 rings (SSSR count). The van der Waals surface area contributed by atoms with E-state index < -0.39 is 0 Å². The van der Waals surface area contributed by atoms with Gasteiger partial charge in [0.05, 0.1) is 0 Å². The van der Waals surface area contributed by atoms with E-state index in [1.54, 1.807) is 48.5 Å². The molecular weight excluding hydrogens is 443 g/mol. The predicted molar refractivity (Wildman–Crippen MR) is 130 cm³/mol. The summed E-state index contributed by atoms with van der Waals surface area (Å²) in [5, 5.41) is 9.07. The lowest BCUT2D eigenvalue weighted by Crippen LogP contribution is -2.34. The molecule has 0 fully saturated rings. The van der Waals surface area contributed by atoms with Gasteiger partial charge in [0.1, 0.15) is 0 Å². The normalized spacial score (nSPS) is 10.1. The standard InChI is InChI=1S/C21H25ClN4O2S.ClH/c1-26(2)13-4-3-8-19(27)23-17-9-11-18(12-10-17)24-21(29)25-20(28)15-6-5-7-16(22)14-15;/h5-7,9-12,14H,3-4,8,13H2,1-2H3,(H,23,27)(H2,24,25,28,29);1H. The van der Waals surface area contributed by atoms with Crippen LogP contribution in [0.3, 0.4) is 0 Å². The van der Waals surface area contributed by atoms with Gasteiger partial charge in [-0.2, -0.15) is 0 Å². The van der Waals surface area contributed by atoms with Crippen LogP contribution >= 0.6 is 36.2 Å². The number of benzene rings is 2. The summed E-state index contributed by atoms with van der Waals surface area (Å²) < 4.78 is 0. The van der Waals surface area contributed by atoms with Crippen molar-refractivity contribution >= 4 is 64.5 Å². The minimum absolute atomic E-state index is 0. The summed E-state index contributed by atoms with van der Waals surface area (Å²) in [6.07, 6.45) is 2.33. The van der Waals surface area contributed by atoms with Gasteiger partial charge in [-0.1, -0.05) is 17.7 Å². The molecule has 0 heterocycles. The lowest BCUT2D eigenvalue weighted by Gasteiger charge is -2.11.